The minimum absolute atomic E-state index is 0.783. The van der Waals surface area contributed by atoms with Crippen LogP contribution in [0.15, 0.2) is 36.9 Å². The summed E-state index contributed by atoms with van der Waals surface area (Å²) in [7, 11) is 0. The van der Waals surface area contributed by atoms with E-state index >= 15 is 0 Å². The van der Waals surface area contributed by atoms with Crippen LogP contribution in [-0.2, 0) is 6.42 Å². The molecular weight excluding hydrogens is 212 g/mol. The lowest BCUT2D eigenvalue weighted by molar-refractivity contribution is 0.682. The highest BCUT2D eigenvalue weighted by molar-refractivity contribution is 5.28. The van der Waals surface area contributed by atoms with Gasteiger partial charge in [-0.05, 0) is 43.5 Å². The Labute approximate surface area is 101 Å². The summed E-state index contributed by atoms with van der Waals surface area (Å²) in [6.07, 6.45) is 11.3. The topological polar surface area (TPSA) is 42.7 Å². The van der Waals surface area contributed by atoms with Crippen molar-refractivity contribution >= 4 is 0 Å². The predicted molar refractivity (Wildman–Crippen MR) is 66.1 cm³/mol. The summed E-state index contributed by atoms with van der Waals surface area (Å²) in [5.74, 6) is 0. The molecule has 4 heteroatoms. The van der Waals surface area contributed by atoms with Gasteiger partial charge in [0.25, 0.3) is 0 Å². The Hall–Kier alpha value is -1.68. The monoisotopic (exact) mass is 228 g/mol. The minimum Gasteiger partial charge on any atom is -0.314 e. The third kappa shape index (κ3) is 2.71. The summed E-state index contributed by atoms with van der Waals surface area (Å²) in [5.41, 5.74) is 2.33. The first-order valence-electron chi connectivity index (χ1n) is 6.09. The van der Waals surface area contributed by atoms with Gasteiger partial charge in [0.2, 0.25) is 0 Å². The molecule has 0 amide bonds. The standard InChI is InChI=1S/C13H16N4/c1-2-12(1)15-8-3-11-9-16-17(10-11)13-4-6-14-7-5-13/h4-7,9-10,12,15H,1-3,8H2. The summed E-state index contributed by atoms with van der Waals surface area (Å²) < 4.78 is 1.90. The summed E-state index contributed by atoms with van der Waals surface area (Å²) in [5, 5.41) is 7.87. The molecule has 1 fully saturated rings. The Morgan fingerprint density at radius 2 is 2.12 bits per heavy atom. The van der Waals surface area contributed by atoms with Crippen LogP contribution in [-0.4, -0.2) is 27.4 Å². The lowest BCUT2D eigenvalue weighted by atomic mass is 10.2. The zero-order valence-electron chi connectivity index (χ0n) is 9.71. The summed E-state index contributed by atoms with van der Waals surface area (Å²) in [4.78, 5) is 4.00. The number of rotatable bonds is 5. The fraction of sp³-hybridized carbons (Fsp3) is 0.385. The highest BCUT2D eigenvalue weighted by Crippen LogP contribution is 2.18. The third-order valence-electron chi connectivity index (χ3n) is 2.99. The molecule has 0 bridgehead atoms. The number of hydrogen-bond donors (Lipinski definition) is 1. The van der Waals surface area contributed by atoms with Crippen LogP contribution >= 0.6 is 0 Å². The van der Waals surface area contributed by atoms with E-state index in [4.69, 9.17) is 0 Å². The van der Waals surface area contributed by atoms with Crippen molar-refractivity contribution in [3.05, 3.63) is 42.5 Å². The number of nitrogens with zero attached hydrogens (tertiary/aromatic N) is 3. The first-order chi connectivity index (χ1) is 8.42. The van der Waals surface area contributed by atoms with Gasteiger partial charge in [-0.25, -0.2) is 4.68 Å². The molecule has 88 valence electrons. The van der Waals surface area contributed by atoms with Gasteiger partial charge in [-0.15, -0.1) is 0 Å². The van der Waals surface area contributed by atoms with Gasteiger partial charge in [0.1, 0.15) is 0 Å². The van der Waals surface area contributed by atoms with Crippen molar-refractivity contribution in [2.45, 2.75) is 25.3 Å². The minimum atomic E-state index is 0.783. The molecular formula is C13H16N4. The predicted octanol–water partition coefficient (Wildman–Crippen LogP) is 1.56. The largest absolute Gasteiger partial charge is 0.314 e. The van der Waals surface area contributed by atoms with Gasteiger partial charge in [-0.2, -0.15) is 5.10 Å². The van der Waals surface area contributed by atoms with E-state index in [9.17, 15) is 0 Å². The molecule has 2 aromatic heterocycles. The smallest absolute Gasteiger partial charge is 0.0676 e. The van der Waals surface area contributed by atoms with Crippen LogP contribution in [0.1, 0.15) is 18.4 Å². The SMILES string of the molecule is c1cc(-n2cc(CCNC3CC3)cn2)ccn1. The van der Waals surface area contributed by atoms with E-state index in [-0.39, 0.29) is 0 Å². The van der Waals surface area contributed by atoms with Gasteiger partial charge in [0, 0.05) is 24.6 Å². The second-order valence-electron chi connectivity index (χ2n) is 4.48. The van der Waals surface area contributed by atoms with Gasteiger partial charge >= 0.3 is 0 Å². The Balaban J connectivity index is 1.61. The van der Waals surface area contributed by atoms with Crippen molar-refractivity contribution in [3.63, 3.8) is 0 Å². The van der Waals surface area contributed by atoms with Crippen molar-refractivity contribution < 1.29 is 0 Å². The summed E-state index contributed by atoms with van der Waals surface area (Å²) in [6.45, 7) is 1.05. The lowest BCUT2D eigenvalue weighted by Gasteiger charge is -2.00. The zero-order valence-corrected chi connectivity index (χ0v) is 9.71. The molecule has 3 rings (SSSR count). The van der Waals surface area contributed by atoms with Crippen LogP contribution < -0.4 is 5.32 Å². The summed E-state index contributed by atoms with van der Waals surface area (Å²) in [6, 6.07) is 4.70. The lowest BCUT2D eigenvalue weighted by Crippen LogP contribution is -2.18. The van der Waals surface area contributed by atoms with Crippen molar-refractivity contribution in [3.8, 4) is 5.69 Å². The molecule has 0 atom stereocenters. The molecule has 0 radical (unpaired) electrons. The van der Waals surface area contributed by atoms with Gasteiger partial charge in [0.15, 0.2) is 0 Å². The Morgan fingerprint density at radius 1 is 1.29 bits per heavy atom. The molecule has 1 saturated carbocycles. The van der Waals surface area contributed by atoms with Crippen molar-refractivity contribution in [1.82, 2.24) is 20.1 Å². The van der Waals surface area contributed by atoms with Crippen molar-refractivity contribution in [2.24, 2.45) is 0 Å². The second kappa shape index (κ2) is 4.67. The Kier molecular flexibility index (Phi) is 2.88. The van der Waals surface area contributed by atoms with Gasteiger partial charge < -0.3 is 5.32 Å². The normalized spacial score (nSPS) is 15.1. The molecule has 0 aliphatic heterocycles. The van der Waals surface area contributed by atoms with E-state index < -0.39 is 0 Å². The van der Waals surface area contributed by atoms with Crippen LogP contribution in [0.25, 0.3) is 5.69 Å². The maximum atomic E-state index is 4.36. The number of hydrogen-bond acceptors (Lipinski definition) is 3. The van der Waals surface area contributed by atoms with Gasteiger partial charge in [-0.3, -0.25) is 4.98 Å². The van der Waals surface area contributed by atoms with E-state index in [0.717, 1.165) is 24.7 Å². The first kappa shape index (κ1) is 10.5. The molecule has 0 unspecified atom stereocenters. The molecule has 2 aromatic rings. The van der Waals surface area contributed by atoms with E-state index in [2.05, 4.69) is 21.6 Å². The van der Waals surface area contributed by atoms with E-state index in [1.54, 1.807) is 12.4 Å². The Morgan fingerprint density at radius 3 is 2.88 bits per heavy atom. The molecule has 0 spiro atoms. The molecule has 4 nitrogen and oxygen atoms in total. The highest BCUT2D eigenvalue weighted by Gasteiger charge is 2.19. The van der Waals surface area contributed by atoms with Crippen LogP contribution in [0.5, 0.6) is 0 Å². The number of nitrogens with one attached hydrogen (secondary N) is 1. The van der Waals surface area contributed by atoms with E-state index in [0.29, 0.717) is 0 Å². The number of aromatic nitrogens is 3. The van der Waals surface area contributed by atoms with E-state index in [1.165, 1.54) is 18.4 Å². The fourth-order valence-electron chi connectivity index (χ4n) is 1.84. The summed E-state index contributed by atoms with van der Waals surface area (Å²) >= 11 is 0. The number of pyridine rings is 1. The molecule has 0 saturated heterocycles. The van der Waals surface area contributed by atoms with Crippen LogP contribution in [0.2, 0.25) is 0 Å². The molecule has 17 heavy (non-hydrogen) atoms. The van der Waals surface area contributed by atoms with Crippen LogP contribution in [0.3, 0.4) is 0 Å². The van der Waals surface area contributed by atoms with E-state index in [1.807, 2.05) is 23.0 Å². The Bertz CT molecular complexity index is 473. The highest BCUT2D eigenvalue weighted by atomic mass is 15.3. The average molecular weight is 228 g/mol. The zero-order chi connectivity index (χ0) is 11.5. The molecule has 1 N–H and O–H groups in total. The second-order valence-corrected chi connectivity index (χ2v) is 4.48. The molecule has 1 aliphatic rings. The first-order valence-corrected chi connectivity index (χ1v) is 6.09. The van der Waals surface area contributed by atoms with Gasteiger partial charge in [-0.1, -0.05) is 0 Å². The van der Waals surface area contributed by atoms with Gasteiger partial charge in [0.05, 0.1) is 11.9 Å². The third-order valence-corrected chi connectivity index (χ3v) is 2.99. The maximum absolute atomic E-state index is 4.36. The van der Waals surface area contributed by atoms with Crippen LogP contribution in [0.4, 0.5) is 0 Å². The maximum Gasteiger partial charge on any atom is 0.0676 e. The van der Waals surface area contributed by atoms with Crippen molar-refractivity contribution in [1.29, 1.82) is 0 Å². The molecule has 2 heterocycles. The van der Waals surface area contributed by atoms with Crippen LogP contribution in [0, 0.1) is 0 Å². The average Bonchev–Trinajstić information content (AvgIpc) is 3.07. The quantitative estimate of drug-likeness (QED) is 0.844. The molecule has 0 aromatic carbocycles. The fourth-order valence-corrected chi connectivity index (χ4v) is 1.84. The molecule has 1 aliphatic carbocycles. The van der Waals surface area contributed by atoms with Crippen molar-refractivity contribution in [2.75, 3.05) is 6.54 Å².